The predicted molar refractivity (Wildman–Crippen MR) is 80.2 cm³/mol. The van der Waals surface area contributed by atoms with E-state index in [0.29, 0.717) is 5.41 Å². The number of likely N-dealkylation sites (tertiary alicyclic amines) is 1. The first-order chi connectivity index (χ1) is 9.32. The molecule has 1 saturated carbocycles. The number of benzene rings is 1. The van der Waals surface area contributed by atoms with Crippen LogP contribution in [0.3, 0.4) is 0 Å². The van der Waals surface area contributed by atoms with Gasteiger partial charge in [0.25, 0.3) is 0 Å². The summed E-state index contributed by atoms with van der Waals surface area (Å²) in [5.74, 6) is 0. The summed E-state index contributed by atoms with van der Waals surface area (Å²) in [5.41, 5.74) is 9.28. The molecular weight excluding hydrogens is 232 g/mol. The summed E-state index contributed by atoms with van der Waals surface area (Å²) in [6.45, 7) is 4.47. The fourth-order valence-electron chi connectivity index (χ4n) is 3.59. The monoisotopic (exact) mass is 258 g/mol. The second kappa shape index (κ2) is 5.64. The van der Waals surface area contributed by atoms with E-state index in [1.54, 1.807) is 0 Å². The summed E-state index contributed by atoms with van der Waals surface area (Å²) in [7, 11) is 0. The molecule has 2 heteroatoms. The van der Waals surface area contributed by atoms with E-state index in [-0.39, 0.29) is 0 Å². The average molecular weight is 258 g/mol. The Balaban J connectivity index is 1.72. The minimum Gasteiger partial charge on any atom is -0.330 e. The maximum Gasteiger partial charge on any atom is 0.0233 e. The van der Waals surface area contributed by atoms with Crippen LogP contribution in [0.25, 0.3) is 0 Å². The van der Waals surface area contributed by atoms with E-state index in [2.05, 4.69) is 29.2 Å². The molecule has 0 aromatic heterocycles. The average Bonchev–Trinajstić information content (AvgIpc) is 2.40. The Morgan fingerprint density at radius 3 is 2.47 bits per heavy atom. The van der Waals surface area contributed by atoms with E-state index in [9.17, 15) is 0 Å². The van der Waals surface area contributed by atoms with Crippen molar-refractivity contribution in [2.45, 2.75) is 50.5 Å². The minimum atomic E-state index is 0.303. The molecule has 2 nitrogen and oxygen atoms in total. The maximum atomic E-state index is 6.02. The summed E-state index contributed by atoms with van der Waals surface area (Å²) >= 11 is 0. The van der Waals surface area contributed by atoms with Gasteiger partial charge in [0.05, 0.1) is 0 Å². The van der Waals surface area contributed by atoms with Crippen molar-refractivity contribution < 1.29 is 0 Å². The van der Waals surface area contributed by atoms with Crippen molar-refractivity contribution in [3.8, 4) is 0 Å². The molecule has 1 aromatic carbocycles. The lowest BCUT2D eigenvalue weighted by atomic mass is 9.64. The van der Waals surface area contributed by atoms with Crippen LogP contribution >= 0.6 is 0 Å². The Kier molecular flexibility index (Phi) is 3.90. The lowest BCUT2D eigenvalue weighted by molar-refractivity contribution is 0.220. The van der Waals surface area contributed by atoms with Crippen LogP contribution in [0.5, 0.6) is 0 Å². The fourth-order valence-corrected chi connectivity index (χ4v) is 3.59. The van der Waals surface area contributed by atoms with E-state index in [1.165, 1.54) is 62.7 Å². The summed E-state index contributed by atoms with van der Waals surface area (Å²) in [4.78, 5) is 2.60. The van der Waals surface area contributed by atoms with Gasteiger partial charge in [0.2, 0.25) is 0 Å². The number of nitrogens with two attached hydrogens (primary N) is 1. The zero-order valence-corrected chi connectivity index (χ0v) is 11.9. The summed E-state index contributed by atoms with van der Waals surface area (Å²) in [5, 5.41) is 0. The highest BCUT2D eigenvalue weighted by molar-refractivity contribution is 5.32. The van der Waals surface area contributed by atoms with Gasteiger partial charge in [-0.2, -0.15) is 0 Å². The molecular formula is C17H26N2. The largest absolute Gasteiger partial charge is 0.330 e. The summed E-state index contributed by atoms with van der Waals surface area (Å²) in [6, 6.07) is 9.21. The molecule has 0 bridgehead atoms. The molecule has 1 aromatic rings. The molecule has 1 saturated heterocycles. The SMILES string of the molecule is NCC1(c2cccc(CN3CCCCC3)c2)CCC1. The zero-order chi connectivity index (χ0) is 13.1. The van der Waals surface area contributed by atoms with E-state index in [1.807, 2.05) is 0 Å². The van der Waals surface area contributed by atoms with Gasteiger partial charge in [0.15, 0.2) is 0 Å². The van der Waals surface area contributed by atoms with Gasteiger partial charge in [-0.3, -0.25) is 4.90 Å². The smallest absolute Gasteiger partial charge is 0.0233 e. The molecule has 2 aliphatic rings. The van der Waals surface area contributed by atoms with Gasteiger partial charge in [-0.05, 0) is 49.9 Å². The third kappa shape index (κ3) is 2.70. The quantitative estimate of drug-likeness (QED) is 0.899. The van der Waals surface area contributed by atoms with Crippen LogP contribution in [-0.2, 0) is 12.0 Å². The lowest BCUT2D eigenvalue weighted by Gasteiger charge is -2.42. The van der Waals surface area contributed by atoms with Crippen molar-refractivity contribution in [2.75, 3.05) is 19.6 Å². The highest BCUT2D eigenvalue weighted by Gasteiger charge is 2.37. The molecule has 1 aliphatic carbocycles. The van der Waals surface area contributed by atoms with Crippen molar-refractivity contribution in [3.63, 3.8) is 0 Å². The predicted octanol–water partition coefficient (Wildman–Crippen LogP) is 3.05. The van der Waals surface area contributed by atoms with Gasteiger partial charge < -0.3 is 5.73 Å². The first-order valence-corrected chi connectivity index (χ1v) is 7.84. The number of hydrogen-bond acceptors (Lipinski definition) is 2. The third-order valence-corrected chi connectivity index (χ3v) is 5.10. The first-order valence-electron chi connectivity index (χ1n) is 7.84. The highest BCUT2D eigenvalue weighted by Crippen LogP contribution is 2.43. The first kappa shape index (κ1) is 13.1. The molecule has 2 fully saturated rings. The van der Waals surface area contributed by atoms with Crippen molar-refractivity contribution in [1.29, 1.82) is 0 Å². The lowest BCUT2D eigenvalue weighted by Crippen LogP contribution is -2.41. The topological polar surface area (TPSA) is 29.3 Å². The second-order valence-corrected chi connectivity index (χ2v) is 6.38. The maximum absolute atomic E-state index is 6.02. The van der Waals surface area contributed by atoms with Crippen LogP contribution in [0.4, 0.5) is 0 Å². The molecule has 19 heavy (non-hydrogen) atoms. The van der Waals surface area contributed by atoms with E-state index >= 15 is 0 Å². The molecule has 0 amide bonds. The van der Waals surface area contributed by atoms with Crippen LogP contribution in [0, 0.1) is 0 Å². The molecule has 0 spiro atoms. The van der Waals surface area contributed by atoms with Crippen LogP contribution in [0.2, 0.25) is 0 Å². The molecule has 3 rings (SSSR count). The molecule has 0 unspecified atom stereocenters. The van der Waals surface area contributed by atoms with Crippen molar-refractivity contribution >= 4 is 0 Å². The Morgan fingerprint density at radius 2 is 1.84 bits per heavy atom. The van der Waals surface area contributed by atoms with E-state index in [4.69, 9.17) is 5.73 Å². The van der Waals surface area contributed by atoms with E-state index in [0.717, 1.165) is 13.1 Å². The Morgan fingerprint density at radius 1 is 1.05 bits per heavy atom. The van der Waals surface area contributed by atoms with Gasteiger partial charge in [0, 0.05) is 18.5 Å². The van der Waals surface area contributed by atoms with Crippen molar-refractivity contribution in [3.05, 3.63) is 35.4 Å². The molecule has 1 aliphatic heterocycles. The number of hydrogen-bond donors (Lipinski definition) is 1. The Labute approximate surface area is 117 Å². The Hall–Kier alpha value is -0.860. The van der Waals surface area contributed by atoms with Gasteiger partial charge in [-0.15, -0.1) is 0 Å². The normalized spacial score (nSPS) is 23.0. The molecule has 0 radical (unpaired) electrons. The molecule has 1 heterocycles. The highest BCUT2D eigenvalue weighted by atomic mass is 15.1. The van der Waals surface area contributed by atoms with E-state index < -0.39 is 0 Å². The molecule has 104 valence electrons. The summed E-state index contributed by atoms with van der Waals surface area (Å²) < 4.78 is 0. The number of rotatable bonds is 4. The van der Waals surface area contributed by atoms with Crippen LogP contribution in [-0.4, -0.2) is 24.5 Å². The van der Waals surface area contributed by atoms with Gasteiger partial charge in [-0.25, -0.2) is 0 Å². The second-order valence-electron chi connectivity index (χ2n) is 6.38. The van der Waals surface area contributed by atoms with Crippen LogP contribution in [0.15, 0.2) is 24.3 Å². The van der Waals surface area contributed by atoms with Gasteiger partial charge >= 0.3 is 0 Å². The van der Waals surface area contributed by atoms with Gasteiger partial charge in [-0.1, -0.05) is 37.1 Å². The number of nitrogens with zero attached hydrogens (tertiary/aromatic N) is 1. The van der Waals surface area contributed by atoms with Crippen molar-refractivity contribution in [2.24, 2.45) is 5.73 Å². The summed E-state index contributed by atoms with van der Waals surface area (Å²) in [6.07, 6.45) is 8.03. The van der Waals surface area contributed by atoms with Crippen LogP contribution < -0.4 is 5.73 Å². The standard InChI is InChI=1S/C17H26N2/c18-14-17(8-5-9-17)16-7-4-6-15(12-16)13-19-10-2-1-3-11-19/h4,6-7,12H,1-3,5,8-11,13-14,18H2. The van der Waals surface area contributed by atoms with Gasteiger partial charge in [0.1, 0.15) is 0 Å². The molecule has 0 atom stereocenters. The van der Waals surface area contributed by atoms with Crippen LogP contribution in [0.1, 0.15) is 49.7 Å². The fraction of sp³-hybridized carbons (Fsp3) is 0.647. The third-order valence-electron chi connectivity index (χ3n) is 5.10. The molecule has 2 N–H and O–H groups in total. The van der Waals surface area contributed by atoms with Crippen molar-refractivity contribution in [1.82, 2.24) is 4.90 Å². The zero-order valence-electron chi connectivity index (χ0n) is 11.9. The Bertz CT molecular complexity index is 412. The minimum absolute atomic E-state index is 0.303. The number of piperidine rings is 1.